The van der Waals surface area contributed by atoms with Crippen LogP contribution in [-0.4, -0.2) is 36.5 Å². The Morgan fingerprint density at radius 3 is 2.18 bits per heavy atom. The van der Waals surface area contributed by atoms with Crippen LogP contribution in [0.2, 0.25) is 0 Å². The second-order valence-electron chi connectivity index (χ2n) is 6.11. The molecule has 2 rings (SSSR count). The molecule has 1 aromatic carbocycles. The maximum Gasteiger partial charge on any atom is 0.269 e. The number of rotatable bonds is 9. The number of amides is 2. The molecule has 10 nitrogen and oxygen atoms in total. The van der Waals surface area contributed by atoms with Crippen LogP contribution in [0.25, 0.3) is 0 Å². The van der Waals surface area contributed by atoms with Crippen molar-refractivity contribution in [3.8, 4) is 0 Å². The number of ether oxygens (including phenoxy) is 1. The van der Waals surface area contributed by atoms with Crippen molar-refractivity contribution < 1.29 is 19.2 Å². The number of nitro benzene ring substituents is 1. The van der Waals surface area contributed by atoms with Crippen LogP contribution in [0.5, 0.6) is 0 Å². The molecular formula is C18H23N5O5. The smallest absolute Gasteiger partial charge is 0.269 e. The average molecular weight is 389 g/mol. The molecule has 28 heavy (non-hydrogen) atoms. The first-order valence-corrected chi connectivity index (χ1v) is 8.66. The molecule has 1 aromatic rings. The molecule has 10 heteroatoms. The van der Waals surface area contributed by atoms with Crippen LogP contribution < -0.4 is 22.5 Å². The third kappa shape index (κ3) is 4.35. The van der Waals surface area contributed by atoms with Gasteiger partial charge in [-0.25, -0.2) is 0 Å². The van der Waals surface area contributed by atoms with Gasteiger partial charge in [0.2, 0.25) is 11.8 Å². The molecule has 0 aliphatic carbocycles. The molecule has 1 aliphatic heterocycles. The topological polar surface area (TPSA) is 177 Å². The minimum absolute atomic E-state index is 0.0362. The molecule has 1 heterocycles. The molecule has 0 saturated heterocycles. The lowest BCUT2D eigenvalue weighted by Crippen LogP contribution is -2.38. The van der Waals surface area contributed by atoms with Crippen LogP contribution in [0.15, 0.2) is 46.8 Å². The quantitative estimate of drug-likeness (QED) is 0.264. The van der Waals surface area contributed by atoms with E-state index in [0.29, 0.717) is 29.9 Å². The maximum absolute atomic E-state index is 12.3. The minimum atomic E-state index is -0.858. The Hall–Kier alpha value is -3.24. The Kier molecular flexibility index (Phi) is 6.85. The summed E-state index contributed by atoms with van der Waals surface area (Å²) in [5.74, 6) is -2.33. The molecule has 2 amide bonds. The fourth-order valence-electron chi connectivity index (χ4n) is 3.16. The van der Waals surface area contributed by atoms with Gasteiger partial charge in [-0.3, -0.25) is 19.7 Å². The highest BCUT2D eigenvalue weighted by Gasteiger charge is 2.36. The number of non-ortho nitro benzene ring substituents is 1. The lowest BCUT2D eigenvalue weighted by Gasteiger charge is -2.31. The number of nitrogens with two attached hydrogens (primary N) is 3. The van der Waals surface area contributed by atoms with Crippen molar-refractivity contribution in [1.82, 2.24) is 5.32 Å². The Bertz CT molecular complexity index is 844. The number of nitrogens with zero attached hydrogens (tertiary/aromatic N) is 1. The van der Waals surface area contributed by atoms with Crippen LogP contribution in [0.4, 0.5) is 5.69 Å². The van der Waals surface area contributed by atoms with E-state index in [0.717, 1.165) is 0 Å². The number of primary amides is 2. The number of allylic oxidation sites excluding steroid dienone is 1. The van der Waals surface area contributed by atoms with Crippen molar-refractivity contribution >= 4 is 17.5 Å². The third-order valence-corrected chi connectivity index (χ3v) is 4.36. The van der Waals surface area contributed by atoms with Crippen molar-refractivity contribution in [3.63, 3.8) is 0 Å². The zero-order valence-electron chi connectivity index (χ0n) is 15.4. The number of carbonyl (C=O) groups excluding carboxylic acids is 2. The highest BCUT2D eigenvalue weighted by Crippen LogP contribution is 2.39. The predicted octanol–water partition coefficient (Wildman–Crippen LogP) is 0.146. The molecule has 1 aliphatic rings. The zero-order chi connectivity index (χ0) is 20.8. The molecular weight excluding hydrogens is 366 g/mol. The van der Waals surface area contributed by atoms with Gasteiger partial charge in [0, 0.05) is 35.9 Å². The molecule has 0 bridgehead atoms. The largest absolute Gasteiger partial charge is 0.374 e. The molecule has 0 fully saturated rings. The summed E-state index contributed by atoms with van der Waals surface area (Å²) in [6, 6.07) is 5.55. The molecule has 7 N–H and O–H groups in total. The third-order valence-electron chi connectivity index (χ3n) is 4.36. The van der Waals surface area contributed by atoms with Gasteiger partial charge in [-0.15, -0.1) is 0 Å². The molecule has 0 spiro atoms. The zero-order valence-corrected chi connectivity index (χ0v) is 15.4. The maximum atomic E-state index is 12.3. The van der Waals surface area contributed by atoms with Crippen molar-refractivity contribution in [2.75, 3.05) is 19.8 Å². The van der Waals surface area contributed by atoms with Gasteiger partial charge in [0.05, 0.1) is 29.4 Å². The number of dihydropyridines is 1. The lowest BCUT2D eigenvalue weighted by molar-refractivity contribution is -0.384. The summed E-state index contributed by atoms with van der Waals surface area (Å²) in [4.78, 5) is 34.9. The van der Waals surface area contributed by atoms with Gasteiger partial charge in [0.15, 0.2) is 0 Å². The van der Waals surface area contributed by atoms with E-state index in [1.54, 1.807) is 0 Å². The number of carbonyl (C=O) groups is 2. The van der Waals surface area contributed by atoms with E-state index in [-0.39, 0.29) is 30.0 Å². The van der Waals surface area contributed by atoms with Crippen LogP contribution >= 0.6 is 0 Å². The second-order valence-corrected chi connectivity index (χ2v) is 6.11. The summed E-state index contributed by atoms with van der Waals surface area (Å²) >= 11 is 0. The highest BCUT2D eigenvalue weighted by atomic mass is 16.6. The van der Waals surface area contributed by atoms with Crippen molar-refractivity contribution in [1.29, 1.82) is 0 Å². The Morgan fingerprint density at radius 1 is 1.14 bits per heavy atom. The van der Waals surface area contributed by atoms with E-state index in [1.165, 1.54) is 24.3 Å². The fourth-order valence-corrected chi connectivity index (χ4v) is 3.16. The molecule has 150 valence electrons. The number of nitrogens with one attached hydrogen (secondary N) is 1. The van der Waals surface area contributed by atoms with Crippen molar-refractivity contribution in [2.24, 2.45) is 17.2 Å². The lowest BCUT2D eigenvalue weighted by atomic mass is 9.79. The normalized spacial score (nSPS) is 16.7. The first kappa shape index (κ1) is 21.1. The number of benzene rings is 1. The van der Waals surface area contributed by atoms with E-state index in [1.807, 2.05) is 6.92 Å². The van der Waals surface area contributed by atoms with Crippen LogP contribution in [-0.2, 0) is 14.3 Å². The SMILES string of the molecule is CCC1=C(C(N)=O)[C@H](c2ccc([N+](=O)[O-])cc2)C(C(N)=O)=C(COCCN)N1. The summed E-state index contributed by atoms with van der Waals surface area (Å²) in [7, 11) is 0. The average Bonchev–Trinajstić information content (AvgIpc) is 2.66. The second kappa shape index (κ2) is 9.11. The first-order chi connectivity index (χ1) is 13.3. The molecule has 0 saturated carbocycles. The van der Waals surface area contributed by atoms with E-state index in [2.05, 4.69) is 5.32 Å². The number of hydrogen-bond donors (Lipinski definition) is 4. The molecule has 0 unspecified atom stereocenters. The van der Waals surface area contributed by atoms with Crippen molar-refractivity contribution in [2.45, 2.75) is 19.3 Å². The number of nitro groups is 1. The molecule has 0 aromatic heterocycles. The Balaban J connectivity index is 2.63. The molecule has 1 atom stereocenters. The summed E-state index contributed by atoms with van der Waals surface area (Å²) in [6.45, 7) is 2.43. The van der Waals surface area contributed by atoms with Gasteiger partial charge in [0.25, 0.3) is 5.69 Å². The van der Waals surface area contributed by atoms with Gasteiger partial charge in [-0.2, -0.15) is 0 Å². The highest BCUT2D eigenvalue weighted by molar-refractivity contribution is 6.02. The van der Waals surface area contributed by atoms with Crippen molar-refractivity contribution in [3.05, 3.63) is 62.5 Å². The fraction of sp³-hybridized carbons (Fsp3) is 0.333. The molecule has 0 radical (unpaired) electrons. The summed E-state index contributed by atoms with van der Waals surface area (Å²) in [5.41, 5.74) is 18.3. The predicted molar refractivity (Wildman–Crippen MR) is 102 cm³/mol. The monoisotopic (exact) mass is 389 g/mol. The summed E-state index contributed by atoms with van der Waals surface area (Å²) < 4.78 is 5.44. The standard InChI is InChI=1S/C18H23N5O5/c1-2-12-15(17(20)24)14(10-3-5-11(6-4-10)23(26)27)16(18(21)25)13(22-12)9-28-8-7-19/h3-6,14,22H,2,7-9,19H2,1H3,(H2,20,24)(H2,21,25)/t14-/m0/s1. The minimum Gasteiger partial charge on any atom is -0.374 e. The van der Waals surface area contributed by atoms with E-state index < -0.39 is 22.7 Å². The van der Waals surface area contributed by atoms with E-state index in [9.17, 15) is 19.7 Å². The summed E-state index contributed by atoms with van der Waals surface area (Å²) in [5, 5.41) is 14.0. The number of hydrogen-bond acceptors (Lipinski definition) is 7. The van der Waals surface area contributed by atoms with E-state index in [4.69, 9.17) is 21.9 Å². The van der Waals surface area contributed by atoms with Crippen LogP contribution in [0.1, 0.15) is 24.8 Å². The Morgan fingerprint density at radius 2 is 1.71 bits per heavy atom. The van der Waals surface area contributed by atoms with Crippen LogP contribution in [0, 0.1) is 10.1 Å². The van der Waals surface area contributed by atoms with Gasteiger partial charge in [0.1, 0.15) is 0 Å². The van der Waals surface area contributed by atoms with Crippen LogP contribution in [0.3, 0.4) is 0 Å². The van der Waals surface area contributed by atoms with Gasteiger partial charge >= 0.3 is 0 Å². The van der Waals surface area contributed by atoms with E-state index >= 15 is 0 Å². The van der Waals surface area contributed by atoms with Gasteiger partial charge in [-0.05, 0) is 12.0 Å². The van der Waals surface area contributed by atoms with Gasteiger partial charge in [-0.1, -0.05) is 19.1 Å². The first-order valence-electron chi connectivity index (χ1n) is 8.66. The van der Waals surface area contributed by atoms with Gasteiger partial charge < -0.3 is 27.3 Å². The summed E-state index contributed by atoms with van der Waals surface area (Å²) in [6.07, 6.45) is 0.439. The Labute approximate surface area is 161 Å².